The Morgan fingerprint density at radius 1 is 1.03 bits per heavy atom. The van der Waals surface area contributed by atoms with E-state index >= 15 is 0 Å². The molecule has 4 rings (SSSR count). The molecule has 0 aliphatic heterocycles. The van der Waals surface area contributed by atoms with Gasteiger partial charge in [0.05, 0.1) is 18.3 Å². The number of benzene rings is 2. The van der Waals surface area contributed by atoms with Crippen molar-refractivity contribution in [1.29, 1.82) is 0 Å². The van der Waals surface area contributed by atoms with Gasteiger partial charge in [-0.1, -0.05) is 48.5 Å². The number of rotatable bonds is 8. The predicted molar refractivity (Wildman–Crippen MR) is 130 cm³/mol. The van der Waals surface area contributed by atoms with Gasteiger partial charge in [0.2, 0.25) is 5.91 Å². The molecule has 1 unspecified atom stereocenters. The van der Waals surface area contributed by atoms with Crippen LogP contribution in [0.4, 0.5) is 10.5 Å². The maximum Gasteiger partial charge on any atom is 0.411 e. The molecular weight excluding hydrogens is 446 g/mol. The number of carboxylic acid groups (broad SMARTS) is 1. The number of fused-ring (bicyclic) bond motifs is 3. The number of carboxylic acids is 1. The van der Waals surface area contributed by atoms with Crippen LogP contribution in [0, 0.1) is 12.3 Å². The van der Waals surface area contributed by atoms with Crippen molar-refractivity contribution in [3.05, 3.63) is 83.7 Å². The van der Waals surface area contributed by atoms with E-state index in [2.05, 4.69) is 33.7 Å². The number of amides is 2. The van der Waals surface area contributed by atoms with E-state index in [9.17, 15) is 14.4 Å². The van der Waals surface area contributed by atoms with Gasteiger partial charge in [0.1, 0.15) is 12.6 Å². The normalized spacial score (nSPS) is 12.5. The third kappa shape index (κ3) is 5.47. The highest BCUT2D eigenvalue weighted by atomic mass is 16.5. The number of ether oxygens (including phenoxy) is 1. The molecule has 0 saturated carbocycles. The first-order valence-corrected chi connectivity index (χ1v) is 11.0. The summed E-state index contributed by atoms with van der Waals surface area (Å²) in [7, 11) is 0. The molecular formula is C27H23N3O5. The molecule has 1 aliphatic rings. The van der Waals surface area contributed by atoms with Gasteiger partial charge in [-0.2, -0.15) is 0 Å². The number of terminal acetylenes is 1. The van der Waals surface area contributed by atoms with Crippen molar-refractivity contribution in [1.82, 2.24) is 10.3 Å². The van der Waals surface area contributed by atoms with E-state index in [0.717, 1.165) is 22.3 Å². The number of nitrogens with zero attached hydrogens (tertiary/aromatic N) is 1. The van der Waals surface area contributed by atoms with Crippen LogP contribution in [0.15, 0.2) is 66.9 Å². The molecule has 2 aromatic carbocycles. The zero-order valence-electron chi connectivity index (χ0n) is 18.7. The first-order valence-electron chi connectivity index (χ1n) is 11.0. The number of hydrogen-bond acceptors (Lipinski definition) is 5. The van der Waals surface area contributed by atoms with Crippen molar-refractivity contribution in [3.63, 3.8) is 0 Å². The average Bonchev–Trinajstić information content (AvgIpc) is 3.17. The van der Waals surface area contributed by atoms with Crippen molar-refractivity contribution in [2.24, 2.45) is 0 Å². The third-order valence-electron chi connectivity index (χ3n) is 5.71. The van der Waals surface area contributed by atoms with Crippen LogP contribution < -0.4 is 10.6 Å². The van der Waals surface area contributed by atoms with Crippen LogP contribution in [0.1, 0.15) is 29.2 Å². The Balaban J connectivity index is 1.31. The first-order chi connectivity index (χ1) is 17.0. The van der Waals surface area contributed by atoms with E-state index in [-0.39, 0.29) is 25.4 Å². The Bertz CT molecular complexity index is 1250. The largest absolute Gasteiger partial charge is 0.480 e. The van der Waals surface area contributed by atoms with Gasteiger partial charge < -0.3 is 15.2 Å². The van der Waals surface area contributed by atoms with Crippen molar-refractivity contribution in [2.45, 2.75) is 24.8 Å². The van der Waals surface area contributed by atoms with E-state index in [4.69, 9.17) is 16.3 Å². The summed E-state index contributed by atoms with van der Waals surface area (Å²) < 4.78 is 5.51. The molecule has 176 valence electrons. The fraction of sp³-hybridized carbons (Fsp3) is 0.185. The van der Waals surface area contributed by atoms with Crippen molar-refractivity contribution < 1.29 is 24.2 Å². The molecule has 1 atom stereocenters. The summed E-state index contributed by atoms with van der Waals surface area (Å²) in [5, 5.41) is 14.1. The van der Waals surface area contributed by atoms with E-state index in [1.165, 1.54) is 6.20 Å². The molecule has 0 saturated heterocycles. The summed E-state index contributed by atoms with van der Waals surface area (Å²) >= 11 is 0. The Morgan fingerprint density at radius 2 is 1.69 bits per heavy atom. The zero-order chi connectivity index (χ0) is 24.8. The van der Waals surface area contributed by atoms with Crippen molar-refractivity contribution in [3.8, 4) is 23.5 Å². The molecule has 0 bridgehead atoms. The standard InChI is InChI=1S/C27H23N3O5/c1-2-7-24(26(32)33)30-25(31)14-17-12-13-18(15-28-17)29-27(34)35-16-23-21-10-5-3-8-19(21)20-9-4-6-11-22(20)23/h1,3-6,8-13,15,23-24H,7,14,16H2,(H,29,34)(H,30,31)(H,32,33). The van der Waals surface area contributed by atoms with Gasteiger partial charge in [0, 0.05) is 18.0 Å². The summed E-state index contributed by atoms with van der Waals surface area (Å²) in [6, 6.07) is 18.2. The van der Waals surface area contributed by atoms with Gasteiger partial charge in [-0.25, -0.2) is 9.59 Å². The average molecular weight is 469 g/mol. The Hall–Kier alpha value is -4.64. The molecule has 8 heteroatoms. The molecule has 0 fully saturated rings. The molecule has 1 aromatic heterocycles. The number of carbonyl (C=O) groups excluding carboxylic acids is 2. The highest BCUT2D eigenvalue weighted by Crippen LogP contribution is 2.44. The number of anilines is 1. The number of nitrogens with one attached hydrogen (secondary N) is 2. The van der Waals surface area contributed by atoms with Gasteiger partial charge >= 0.3 is 12.1 Å². The SMILES string of the molecule is C#CCC(NC(=O)Cc1ccc(NC(=O)OCC2c3ccccc3-c3ccccc32)cn1)C(=O)O. The highest BCUT2D eigenvalue weighted by molar-refractivity contribution is 5.86. The lowest BCUT2D eigenvalue weighted by Crippen LogP contribution is -2.41. The fourth-order valence-electron chi connectivity index (χ4n) is 4.08. The molecule has 3 N–H and O–H groups in total. The van der Waals surface area contributed by atoms with Crippen molar-refractivity contribution >= 4 is 23.7 Å². The Morgan fingerprint density at radius 3 is 2.26 bits per heavy atom. The van der Waals surface area contributed by atoms with Crippen LogP contribution in [0.5, 0.6) is 0 Å². The van der Waals surface area contributed by atoms with E-state index in [1.54, 1.807) is 12.1 Å². The molecule has 0 spiro atoms. The summed E-state index contributed by atoms with van der Waals surface area (Å²) in [6.07, 6.45) is 5.68. The molecule has 1 aliphatic carbocycles. The number of aliphatic carboxylic acids is 1. The maximum atomic E-state index is 12.4. The number of carbonyl (C=O) groups is 3. The van der Waals surface area contributed by atoms with Crippen molar-refractivity contribution in [2.75, 3.05) is 11.9 Å². The quantitative estimate of drug-likeness (QED) is 0.434. The minimum Gasteiger partial charge on any atom is -0.480 e. The summed E-state index contributed by atoms with van der Waals surface area (Å²) in [4.78, 5) is 39.7. The zero-order valence-corrected chi connectivity index (χ0v) is 18.7. The third-order valence-corrected chi connectivity index (χ3v) is 5.71. The predicted octanol–water partition coefficient (Wildman–Crippen LogP) is 3.58. The number of aromatic nitrogens is 1. The second kappa shape index (κ2) is 10.5. The van der Waals surface area contributed by atoms with Crippen LogP contribution in [-0.4, -0.2) is 40.7 Å². The van der Waals surface area contributed by atoms with Gasteiger partial charge in [-0.3, -0.25) is 15.1 Å². The van der Waals surface area contributed by atoms with Gasteiger partial charge in [0.15, 0.2) is 0 Å². The topological polar surface area (TPSA) is 118 Å². The minimum atomic E-state index is -1.20. The second-order valence-electron chi connectivity index (χ2n) is 8.03. The molecule has 3 aromatic rings. The van der Waals surface area contributed by atoms with Crippen LogP contribution in [0.2, 0.25) is 0 Å². The van der Waals surface area contributed by atoms with E-state index < -0.39 is 24.0 Å². The molecule has 0 radical (unpaired) electrons. The van der Waals surface area contributed by atoms with Crippen LogP contribution >= 0.6 is 0 Å². The Kier molecular flexibility index (Phi) is 7.07. The second-order valence-corrected chi connectivity index (χ2v) is 8.03. The summed E-state index contributed by atoms with van der Waals surface area (Å²) in [5.74, 6) is 0.455. The number of pyridine rings is 1. The summed E-state index contributed by atoms with van der Waals surface area (Å²) in [5.41, 5.74) is 5.36. The van der Waals surface area contributed by atoms with Crippen LogP contribution in [-0.2, 0) is 20.7 Å². The Labute approximate surface area is 202 Å². The lowest BCUT2D eigenvalue weighted by atomic mass is 9.98. The highest BCUT2D eigenvalue weighted by Gasteiger charge is 2.29. The van der Waals surface area contributed by atoms with E-state index in [1.807, 2.05) is 36.4 Å². The molecule has 8 nitrogen and oxygen atoms in total. The van der Waals surface area contributed by atoms with Gasteiger partial charge in [0.25, 0.3) is 0 Å². The number of hydrogen-bond donors (Lipinski definition) is 3. The molecule has 35 heavy (non-hydrogen) atoms. The lowest BCUT2D eigenvalue weighted by molar-refractivity contribution is -0.141. The first kappa shape index (κ1) is 23.5. The molecule has 2 amide bonds. The maximum absolute atomic E-state index is 12.4. The monoisotopic (exact) mass is 469 g/mol. The van der Waals surface area contributed by atoms with Gasteiger partial charge in [-0.15, -0.1) is 12.3 Å². The fourth-order valence-corrected chi connectivity index (χ4v) is 4.08. The van der Waals surface area contributed by atoms with Gasteiger partial charge in [-0.05, 0) is 34.4 Å². The van der Waals surface area contributed by atoms with Crippen LogP contribution in [0.25, 0.3) is 11.1 Å². The van der Waals surface area contributed by atoms with Crippen LogP contribution in [0.3, 0.4) is 0 Å². The lowest BCUT2D eigenvalue weighted by Gasteiger charge is -2.14. The smallest absolute Gasteiger partial charge is 0.411 e. The van der Waals surface area contributed by atoms with E-state index in [0.29, 0.717) is 11.4 Å². The molecule has 1 heterocycles. The minimum absolute atomic E-state index is 0.0451. The summed E-state index contributed by atoms with van der Waals surface area (Å²) in [6.45, 7) is 0.188.